The van der Waals surface area contributed by atoms with Crippen LogP contribution >= 0.6 is 0 Å². The number of carbonyl (C=O) groups excluding carboxylic acids is 1. The third kappa shape index (κ3) is 3.88. The van der Waals surface area contributed by atoms with Crippen molar-refractivity contribution in [2.75, 3.05) is 0 Å². The number of rotatable bonds is 4. The molecule has 0 radical (unpaired) electrons. The van der Waals surface area contributed by atoms with Gasteiger partial charge in [0.05, 0.1) is 17.8 Å². The van der Waals surface area contributed by atoms with Crippen LogP contribution in [0.2, 0.25) is 0 Å². The van der Waals surface area contributed by atoms with E-state index in [4.69, 9.17) is 0 Å². The van der Waals surface area contributed by atoms with E-state index in [1.807, 2.05) is 6.92 Å². The minimum Gasteiger partial charge on any atom is -0.390 e. The zero-order chi connectivity index (χ0) is 20.6. The van der Waals surface area contributed by atoms with Crippen LogP contribution in [0.25, 0.3) is 0 Å². The summed E-state index contributed by atoms with van der Waals surface area (Å²) < 4.78 is 39.7. The van der Waals surface area contributed by atoms with E-state index in [0.29, 0.717) is 23.5 Å². The van der Waals surface area contributed by atoms with Crippen molar-refractivity contribution in [3.63, 3.8) is 0 Å². The van der Waals surface area contributed by atoms with Crippen LogP contribution in [0.1, 0.15) is 46.7 Å². The number of alkyl halides is 3. The first kappa shape index (κ1) is 20.3. The molecular weight excluding hydrogens is 377 g/mol. The lowest BCUT2D eigenvalue weighted by molar-refractivity contribution is -0.141. The number of carbonyl (C=O) groups is 1. The minimum atomic E-state index is -4.56. The maximum atomic E-state index is 12.7. The Kier molecular flexibility index (Phi) is 5.44. The van der Waals surface area contributed by atoms with E-state index in [-0.39, 0.29) is 6.42 Å². The van der Waals surface area contributed by atoms with Crippen LogP contribution in [0.15, 0.2) is 24.4 Å². The number of aliphatic hydroxyl groups is 2. The Labute approximate surface area is 159 Å². The summed E-state index contributed by atoms with van der Waals surface area (Å²) in [6, 6.07) is 2.83. The third-order valence-electron chi connectivity index (χ3n) is 4.93. The van der Waals surface area contributed by atoms with Gasteiger partial charge in [0.25, 0.3) is 5.91 Å². The van der Waals surface area contributed by atoms with Crippen LogP contribution in [0.5, 0.6) is 0 Å². The van der Waals surface area contributed by atoms with Crippen molar-refractivity contribution in [2.45, 2.75) is 57.2 Å². The lowest BCUT2D eigenvalue weighted by atomic mass is 9.94. The zero-order valence-electron chi connectivity index (χ0n) is 15.3. The summed E-state index contributed by atoms with van der Waals surface area (Å²) in [6.07, 6.45) is -5.77. The SMILES string of the molecule is CCn1nc(C)cc1C(=O)N[C@H]1[C@H](O)[C@H](O)C[C@@H]1c1ccc(C(F)(F)F)nc1. The van der Waals surface area contributed by atoms with Gasteiger partial charge in [0, 0.05) is 18.7 Å². The molecule has 0 spiro atoms. The molecule has 3 N–H and O–H groups in total. The lowest BCUT2D eigenvalue weighted by Gasteiger charge is -2.24. The Hall–Kier alpha value is -2.46. The summed E-state index contributed by atoms with van der Waals surface area (Å²) in [6.45, 7) is 4.04. The van der Waals surface area contributed by atoms with E-state index in [1.165, 1.54) is 10.7 Å². The smallest absolute Gasteiger partial charge is 0.390 e. The van der Waals surface area contributed by atoms with Crippen LogP contribution in [0.4, 0.5) is 13.2 Å². The number of amides is 1. The Morgan fingerprint density at radius 2 is 2.07 bits per heavy atom. The first-order valence-electron chi connectivity index (χ1n) is 8.86. The Balaban J connectivity index is 1.84. The minimum absolute atomic E-state index is 0.0885. The Morgan fingerprint density at radius 1 is 1.36 bits per heavy atom. The first-order valence-corrected chi connectivity index (χ1v) is 8.86. The topological polar surface area (TPSA) is 100 Å². The maximum absolute atomic E-state index is 12.7. The van der Waals surface area contributed by atoms with E-state index in [1.54, 1.807) is 13.0 Å². The fraction of sp³-hybridized carbons (Fsp3) is 0.500. The van der Waals surface area contributed by atoms with Crippen molar-refractivity contribution in [3.05, 3.63) is 47.0 Å². The molecule has 0 bridgehead atoms. The first-order chi connectivity index (χ1) is 13.1. The summed E-state index contributed by atoms with van der Waals surface area (Å²) >= 11 is 0. The van der Waals surface area contributed by atoms with Gasteiger partial charge in [-0.1, -0.05) is 6.07 Å². The molecule has 28 heavy (non-hydrogen) atoms. The molecule has 2 aromatic heterocycles. The van der Waals surface area contributed by atoms with Crippen molar-refractivity contribution < 1.29 is 28.2 Å². The second-order valence-electron chi connectivity index (χ2n) is 6.86. The van der Waals surface area contributed by atoms with Gasteiger partial charge in [-0.05, 0) is 38.0 Å². The molecule has 1 aliphatic carbocycles. The van der Waals surface area contributed by atoms with Crippen molar-refractivity contribution in [3.8, 4) is 0 Å². The fourth-order valence-corrected chi connectivity index (χ4v) is 3.54. The van der Waals surface area contributed by atoms with Crippen molar-refractivity contribution in [1.82, 2.24) is 20.1 Å². The van der Waals surface area contributed by atoms with Crippen LogP contribution in [-0.4, -0.2) is 49.1 Å². The molecule has 1 fully saturated rings. The second-order valence-corrected chi connectivity index (χ2v) is 6.86. The van der Waals surface area contributed by atoms with Gasteiger partial charge in [0.1, 0.15) is 17.5 Å². The second kappa shape index (κ2) is 7.51. The number of hydrogen-bond donors (Lipinski definition) is 3. The molecule has 4 atom stereocenters. The van der Waals surface area contributed by atoms with Gasteiger partial charge in [-0.2, -0.15) is 18.3 Å². The monoisotopic (exact) mass is 398 g/mol. The highest BCUT2D eigenvalue weighted by molar-refractivity contribution is 5.93. The molecule has 1 amide bonds. The summed E-state index contributed by atoms with van der Waals surface area (Å²) in [5.74, 6) is -1.06. The number of hydrogen-bond acceptors (Lipinski definition) is 5. The average molecular weight is 398 g/mol. The van der Waals surface area contributed by atoms with Crippen molar-refractivity contribution in [2.24, 2.45) is 0 Å². The van der Waals surface area contributed by atoms with Gasteiger partial charge in [-0.3, -0.25) is 14.5 Å². The third-order valence-corrected chi connectivity index (χ3v) is 4.93. The van der Waals surface area contributed by atoms with Crippen LogP contribution in [0.3, 0.4) is 0 Å². The Bertz CT molecular complexity index is 851. The number of nitrogens with zero attached hydrogens (tertiary/aromatic N) is 3. The molecule has 3 rings (SSSR count). The number of aliphatic hydroxyl groups excluding tert-OH is 2. The predicted octanol–water partition coefficient (Wildman–Crippen LogP) is 1.63. The van der Waals surface area contributed by atoms with Gasteiger partial charge in [0.15, 0.2) is 0 Å². The highest BCUT2D eigenvalue weighted by Gasteiger charge is 2.44. The van der Waals surface area contributed by atoms with E-state index in [2.05, 4.69) is 15.4 Å². The summed E-state index contributed by atoms with van der Waals surface area (Å²) in [7, 11) is 0. The lowest BCUT2D eigenvalue weighted by Crippen LogP contribution is -2.45. The number of aryl methyl sites for hydroxylation is 2. The highest BCUT2D eigenvalue weighted by Crippen LogP contribution is 2.36. The van der Waals surface area contributed by atoms with Gasteiger partial charge in [0.2, 0.25) is 0 Å². The van der Waals surface area contributed by atoms with E-state index >= 15 is 0 Å². The molecule has 7 nitrogen and oxygen atoms in total. The quantitative estimate of drug-likeness (QED) is 0.727. The van der Waals surface area contributed by atoms with E-state index < -0.39 is 41.9 Å². The standard InChI is InChI=1S/C18H21F3N4O3/c1-3-25-12(6-9(2)24-25)17(28)23-15-11(7-13(26)16(15)27)10-4-5-14(22-8-10)18(19,20)21/h4-6,8,11,13,15-16,26-27H,3,7H2,1-2H3,(H,23,28)/t11-,13-,15-,16-/m1/s1. The molecule has 2 heterocycles. The molecule has 10 heteroatoms. The van der Waals surface area contributed by atoms with Crippen LogP contribution < -0.4 is 5.32 Å². The zero-order valence-corrected chi connectivity index (χ0v) is 15.3. The maximum Gasteiger partial charge on any atom is 0.433 e. The van der Waals surface area contributed by atoms with Crippen LogP contribution in [0, 0.1) is 6.92 Å². The largest absolute Gasteiger partial charge is 0.433 e. The van der Waals surface area contributed by atoms with Crippen LogP contribution in [-0.2, 0) is 12.7 Å². The molecule has 152 valence electrons. The van der Waals surface area contributed by atoms with E-state index in [0.717, 1.165) is 12.3 Å². The predicted molar refractivity (Wildman–Crippen MR) is 92.5 cm³/mol. The number of pyridine rings is 1. The summed E-state index contributed by atoms with van der Waals surface area (Å²) in [5, 5.41) is 27.3. The van der Waals surface area contributed by atoms with Crippen molar-refractivity contribution >= 4 is 5.91 Å². The number of nitrogens with one attached hydrogen (secondary N) is 1. The van der Waals surface area contributed by atoms with Crippen molar-refractivity contribution in [1.29, 1.82) is 0 Å². The molecule has 1 saturated carbocycles. The van der Waals surface area contributed by atoms with Gasteiger partial charge in [-0.15, -0.1) is 0 Å². The fourth-order valence-electron chi connectivity index (χ4n) is 3.54. The molecule has 0 aliphatic heterocycles. The van der Waals surface area contributed by atoms with E-state index in [9.17, 15) is 28.2 Å². The number of aromatic nitrogens is 3. The summed E-state index contributed by atoms with van der Waals surface area (Å²) in [5.41, 5.74) is 0.327. The van der Waals surface area contributed by atoms with Gasteiger partial charge in [-0.25, -0.2) is 0 Å². The number of halogens is 3. The molecule has 0 unspecified atom stereocenters. The van der Waals surface area contributed by atoms with Gasteiger partial charge >= 0.3 is 6.18 Å². The molecule has 0 aromatic carbocycles. The highest BCUT2D eigenvalue weighted by atomic mass is 19.4. The molecular formula is C18H21F3N4O3. The average Bonchev–Trinajstić information content (AvgIpc) is 3.15. The van der Waals surface area contributed by atoms with Gasteiger partial charge < -0.3 is 15.5 Å². The molecule has 1 aliphatic rings. The molecule has 2 aromatic rings. The normalized spacial score (nSPS) is 25.1. The Morgan fingerprint density at radius 3 is 2.64 bits per heavy atom. The molecule has 0 saturated heterocycles. The summed E-state index contributed by atoms with van der Waals surface area (Å²) in [4.78, 5) is 16.1.